The lowest BCUT2D eigenvalue weighted by Gasteiger charge is -2.27. The number of nitrogens with one attached hydrogen (secondary N) is 2. The first-order valence-electron chi connectivity index (χ1n) is 8.70. The highest BCUT2D eigenvalue weighted by Gasteiger charge is 2.20. The van der Waals surface area contributed by atoms with Gasteiger partial charge in [0.25, 0.3) is 0 Å². The largest absolute Gasteiger partial charge is 0.462 e. The standard InChI is InChI=1S/C20H21ClN2O2S/c1-2-25-19(24)16-12-14(10-11-17(16)21)22-20(26)23-18-9-5-7-13-6-3-4-8-15(13)18/h3-4,6,8,10-12,18H,2,5,7,9H2,1H3,(H2,22,23,26)/t18-/m1/s1. The van der Waals surface area contributed by atoms with Gasteiger partial charge in [-0.05, 0) is 67.7 Å². The van der Waals surface area contributed by atoms with E-state index in [4.69, 9.17) is 28.6 Å². The third-order valence-corrected chi connectivity index (χ3v) is 4.94. The molecule has 0 bridgehead atoms. The molecule has 0 heterocycles. The molecule has 1 atom stereocenters. The Morgan fingerprint density at radius 1 is 1.31 bits per heavy atom. The Balaban J connectivity index is 1.69. The van der Waals surface area contributed by atoms with Crippen LogP contribution in [0.5, 0.6) is 0 Å². The van der Waals surface area contributed by atoms with E-state index in [1.54, 1.807) is 25.1 Å². The van der Waals surface area contributed by atoms with Crippen LogP contribution < -0.4 is 10.6 Å². The maximum Gasteiger partial charge on any atom is 0.339 e. The predicted octanol–water partition coefficient (Wildman–Crippen LogP) is 4.88. The van der Waals surface area contributed by atoms with Crippen molar-refractivity contribution in [2.24, 2.45) is 0 Å². The lowest BCUT2D eigenvalue weighted by atomic mass is 9.88. The zero-order valence-corrected chi connectivity index (χ0v) is 16.1. The average Bonchev–Trinajstić information content (AvgIpc) is 2.64. The molecule has 4 nitrogen and oxygen atoms in total. The van der Waals surface area contributed by atoms with Gasteiger partial charge >= 0.3 is 5.97 Å². The molecule has 3 rings (SSSR count). The molecule has 0 unspecified atom stereocenters. The van der Waals surface area contributed by atoms with E-state index in [9.17, 15) is 4.79 Å². The summed E-state index contributed by atoms with van der Waals surface area (Å²) in [5.41, 5.74) is 3.68. The van der Waals surface area contributed by atoms with Crippen molar-refractivity contribution in [3.63, 3.8) is 0 Å². The summed E-state index contributed by atoms with van der Waals surface area (Å²) in [6.45, 7) is 2.06. The zero-order chi connectivity index (χ0) is 18.5. The summed E-state index contributed by atoms with van der Waals surface area (Å²) < 4.78 is 5.03. The smallest absolute Gasteiger partial charge is 0.339 e. The number of aryl methyl sites for hydroxylation is 1. The molecule has 6 heteroatoms. The van der Waals surface area contributed by atoms with Crippen molar-refractivity contribution in [2.45, 2.75) is 32.2 Å². The molecular weight excluding hydrogens is 368 g/mol. The molecular formula is C20H21ClN2O2S. The number of carbonyl (C=O) groups is 1. The number of fused-ring (bicyclic) bond motifs is 1. The molecule has 2 aromatic carbocycles. The van der Waals surface area contributed by atoms with Gasteiger partial charge in [0.1, 0.15) is 0 Å². The normalized spacial score (nSPS) is 15.7. The number of anilines is 1. The summed E-state index contributed by atoms with van der Waals surface area (Å²) in [6, 6.07) is 13.7. The van der Waals surface area contributed by atoms with E-state index in [0.29, 0.717) is 28.0 Å². The van der Waals surface area contributed by atoms with Crippen LogP contribution in [0.4, 0.5) is 5.69 Å². The minimum Gasteiger partial charge on any atom is -0.462 e. The number of thiocarbonyl (C=S) groups is 1. The molecule has 1 aliphatic carbocycles. The van der Waals surface area contributed by atoms with Gasteiger partial charge in [0.05, 0.1) is 23.2 Å². The van der Waals surface area contributed by atoms with Gasteiger partial charge in [-0.25, -0.2) is 4.79 Å². The van der Waals surface area contributed by atoms with Crippen molar-refractivity contribution >= 4 is 40.6 Å². The maximum absolute atomic E-state index is 12.0. The molecule has 136 valence electrons. The molecule has 2 aromatic rings. The summed E-state index contributed by atoms with van der Waals surface area (Å²) in [4.78, 5) is 12.0. The van der Waals surface area contributed by atoms with Gasteiger partial charge in [0, 0.05) is 5.69 Å². The summed E-state index contributed by atoms with van der Waals surface area (Å²) in [7, 11) is 0. The van der Waals surface area contributed by atoms with Gasteiger partial charge in [-0.3, -0.25) is 0 Å². The third kappa shape index (κ3) is 4.34. The number of hydrogen-bond donors (Lipinski definition) is 2. The van der Waals surface area contributed by atoms with Crippen LogP contribution in [0.25, 0.3) is 0 Å². The molecule has 2 N–H and O–H groups in total. The topological polar surface area (TPSA) is 50.4 Å². The lowest BCUT2D eigenvalue weighted by Crippen LogP contribution is -2.34. The molecule has 0 saturated carbocycles. The van der Waals surface area contributed by atoms with E-state index in [1.807, 2.05) is 0 Å². The molecule has 0 amide bonds. The highest BCUT2D eigenvalue weighted by molar-refractivity contribution is 7.80. The highest BCUT2D eigenvalue weighted by atomic mass is 35.5. The van der Waals surface area contributed by atoms with Gasteiger partial charge in [0.2, 0.25) is 0 Å². The fourth-order valence-corrected chi connectivity index (χ4v) is 3.65. The fourth-order valence-electron chi connectivity index (χ4n) is 3.20. The molecule has 0 radical (unpaired) electrons. The van der Waals surface area contributed by atoms with Crippen molar-refractivity contribution in [1.29, 1.82) is 0 Å². The molecule has 0 aliphatic heterocycles. The van der Waals surface area contributed by atoms with Gasteiger partial charge in [-0.1, -0.05) is 35.9 Å². The Bertz CT molecular complexity index is 825. The Morgan fingerprint density at radius 3 is 2.92 bits per heavy atom. The minimum atomic E-state index is -0.443. The number of carbonyl (C=O) groups excluding carboxylic acids is 1. The van der Waals surface area contributed by atoms with Gasteiger partial charge in [0.15, 0.2) is 5.11 Å². The highest BCUT2D eigenvalue weighted by Crippen LogP contribution is 2.29. The monoisotopic (exact) mass is 388 g/mol. The number of halogens is 1. The van der Waals surface area contributed by atoms with E-state index >= 15 is 0 Å². The lowest BCUT2D eigenvalue weighted by molar-refractivity contribution is 0.0526. The molecule has 1 aliphatic rings. The number of hydrogen-bond acceptors (Lipinski definition) is 3. The summed E-state index contributed by atoms with van der Waals surface area (Å²) in [5, 5.41) is 7.39. The average molecular weight is 389 g/mol. The summed E-state index contributed by atoms with van der Waals surface area (Å²) >= 11 is 11.6. The van der Waals surface area contributed by atoms with Crippen molar-refractivity contribution in [1.82, 2.24) is 5.32 Å². The van der Waals surface area contributed by atoms with Crippen LogP contribution in [0.3, 0.4) is 0 Å². The van der Waals surface area contributed by atoms with Gasteiger partial charge in [-0.15, -0.1) is 0 Å². The van der Waals surface area contributed by atoms with E-state index < -0.39 is 5.97 Å². The van der Waals surface area contributed by atoms with Crippen LogP contribution in [0.15, 0.2) is 42.5 Å². The summed E-state index contributed by atoms with van der Waals surface area (Å²) in [5.74, 6) is -0.443. The van der Waals surface area contributed by atoms with Crippen LogP contribution in [0, 0.1) is 0 Å². The quantitative estimate of drug-likeness (QED) is 0.577. The van der Waals surface area contributed by atoms with Crippen LogP contribution in [-0.2, 0) is 11.2 Å². The molecule has 0 spiro atoms. The Morgan fingerprint density at radius 2 is 2.12 bits per heavy atom. The van der Waals surface area contributed by atoms with Gasteiger partial charge < -0.3 is 15.4 Å². The number of esters is 1. The molecule has 0 fully saturated rings. The Kier molecular flexibility index (Phi) is 6.12. The molecule has 26 heavy (non-hydrogen) atoms. The number of benzene rings is 2. The predicted molar refractivity (Wildman–Crippen MR) is 109 cm³/mol. The zero-order valence-electron chi connectivity index (χ0n) is 14.5. The van der Waals surface area contributed by atoms with E-state index in [-0.39, 0.29) is 6.04 Å². The fraction of sp³-hybridized carbons (Fsp3) is 0.300. The second-order valence-corrected chi connectivity index (χ2v) is 6.97. The van der Waals surface area contributed by atoms with Crippen molar-refractivity contribution in [3.8, 4) is 0 Å². The number of ether oxygens (including phenoxy) is 1. The van der Waals surface area contributed by atoms with Crippen LogP contribution >= 0.6 is 23.8 Å². The van der Waals surface area contributed by atoms with E-state index in [2.05, 4.69) is 34.9 Å². The second kappa shape index (κ2) is 8.52. The number of rotatable bonds is 4. The third-order valence-electron chi connectivity index (χ3n) is 4.39. The van der Waals surface area contributed by atoms with Gasteiger partial charge in [-0.2, -0.15) is 0 Å². The van der Waals surface area contributed by atoms with Crippen LogP contribution in [-0.4, -0.2) is 17.7 Å². The maximum atomic E-state index is 12.0. The van der Waals surface area contributed by atoms with E-state index in [0.717, 1.165) is 19.3 Å². The molecule has 0 aromatic heterocycles. The minimum absolute atomic E-state index is 0.191. The summed E-state index contributed by atoms with van der Waals surface area (Å²) in [6.07, 6.45) is 3.27. The first-order valence-corrected chi connectivity index (χ1v) is 9.49. The van der Waals surface area contributed by atoms with E-state index in [1.165, 1.54) is 11.1 Å². The second-order valence-electron chi connectivity index (χ2n) is 6.16. The first kappa shape index (κ1) is 18.7. The molecule has 0 saturated heterocycles. The van der Waals surface area contributed by atoms with Crippen LogP contribution in [0.1, 0.15) is 47.3 Å². The van der Waals surface area contributed by atoms with Crippen molar-refractivity contribution in [3.05, 3.63) is 64.2 Å². The van der Waals surface area contributed by atoms with Crippen LogP contribution in [0.2, 0.25) is 5.02 Å². The first-order chi connectivity index (χ1) is 12.6. The SMILES string of the molecule is CCOC(=O)c1cc(NC(=S)N[C@@H]2CCCc3ccccc32)ccc1Cl. The Labute approximate surface area is 163 Å². The van der Waals surface area contributed by atoms with Crippen molar-refractivity contribution in [2.75, 3.05) is 11.9 Å². The van der Waals surface area contributed by atoms with Crippen molar-refractivity contribution < 1.29 is 9.53 Å². The Hall–Kier alpha value is -2.11.